The average molecular weight is 200 g/mol. The van der Waals surface area contributed by atoms with Gasteiger partial charge in [-0.15, -0.1) is 0 Å². The predicted octanol–water partition coefficient (Wildman–Crippen LogP) is 2.35. The molecule has 0 radical (unpaired) electrons. The summed E-state index contributed by atoms with van der Waals surface area (Å²) in [7, 11) is 0. The minimum atomic E-state index is 0.694. The van der Waals surface area contributed by atoms with Gasteiger partial charge in [-0.3, -0.25) is 0 Å². The number of nitrogens with zero attached hydrogens (tertiary/aromatic N) is 1. The van der Waals surface area contributed by atoms with Gasteiger partial charge in [-0.05, 0) is 45.4 Å². The van der Waals surface area contributed by atoms with E-state index in [0.29, 0.717) is 6.04 Å². The van der Waals surface area contributed by atoms with E-state index in [2.05, 4.69) is 44.8 Å². The summed E-state index contributed by atoms with van der Waals surface area (Å²) < 4.78 is 0. The number of hydrogen-bond donors (Lipinski definition) is 1. The Morgan fingerprint density at radius 3 is 2.21 bits per heavy atom. The largest absolute Gasteiger partial charge is 0.317 e. The number of nitrogens with one attached hydrogen (secondary N) is 1. The summed E-state index contributed by atoms with van der Waals surface area (Å²) in [6, 6.07) is 0.694. The monoisotopic (exact) mass is 200 g/mol. The molecule has 0 amide bonds. The molecule has 1 N–H and O–H groups in total. The van der Waals surface area contributed by atoms with Gasteiger partial charge in [0, 0.05) is 6.04 Å². The molecule has 86 valence electrons. The number of hydrogen-bond acceptors (Lipinski definition) is 2. The highest BCUT2D eigenvalue weighted by molar-refractivity contribution is 4.73. The molecule has 0 spiro atoms. The summed E-state index contributed by atoms with van der Waals surface area (Å²) in [5.41, 5.74) is 0. The Morgan fingerprint density at radius 1 is 1.14 bits per heavy atom. The van der Waals surface area contributed by atoms with Crippen LogP contribution in [0, 0.1) is 5.92 Å². The van der Waals surface area contributed by atoms with E-state index in [4.69, 9.17) is 0 Å². The van der Waals surface area contributed by atoms with Crippen molar-refractivity contribution in [2.75, 3.05) is 26.2 Å². The van der Waals surface area contributed by atoms with Gasteiger partial charge in [0.15, 0.2) is 0 Å². The average Bonchev–Trinajstić information content (AvgIpc) is 2.21. The Labute approximate surface area is 90.1 Å². The minimum Gasteiger partial charge on any atom is -0.317 e. The summed E-state index contributed by atoms with van der Waals surface area (Å²) in [5, 5.41) is 3.42. The van der Waals surface area contributed by atoms with Gasteiger partial charge in [-0.1, -0.05) is 27.7 Å². The molecular formula is C12H28N2. The Hall–Kier alpha value is -0.0800. The third kappa shape index (κ3) is 4.97. The zero-order valence-electron chi connectivity index (χ0n) is 10.6. The van der Waals surface area contributed by atoms with Crippen molar-refractivity contribution in [3.63, 3.8) is 0 Å². The van der Waals surface area contributed by atoms with Gasteiger partial charge in [0.25, 0.3) is 0 Å². The molecule has 0 aliphatic heterocycles. The molecule has 0 fully saturated rings. The second-order valence-corrected chi connectivity index (χ2v) is 4.15. The fourth-order valence-electron chi connectivity index (χ4n) is 1.84. The minimum absolute atomic E-state index is 0.694. The molecule has 2 nitrogen and oxygen atoms in total. The Balaban J connectivity index is 3.91. The molecule has 0 heterocycles. The van der Waals surface area contributed by atoms with Crippen LogP contribution in [0.4, 0.5) is 0 Å². The van der Waals surface area contributed by atoms with Gasteiger partial charge in [-0.2, -0.15) is 0 Å². The summed E-state index contributed by atoms with van der Waals surface area (Å²) in [5.74, 6) is 0.737. The van der Waals surface area contributed by atoms with Crippen LogP contribution in [-0.2, 0) is 0 Å². The predicted molar refractivity (Wildman–Crippen MR) is 64.7 cm³/mol. The first-order valence-corrected chi connectivity index (χ1v) is 6.12. The molecule has 0 aliphatic rings. The molecule has 0 aliphatic carbocycles. The lowest BCUT2D eigenvalue weighted by molar-refractivity contribution is 0.168. The van der Waals surface area contributed by atoms with Crippen molar-refractivity contribution in [2.24, 2.45) is 5.92 Å². The maximum atomic E-state index is 3.42. The molecule has 14 heavy (non-hydrogen) atoms. The molecule has 0 bridgehead atoms. The van der Waals surface area contributed by atoms with Gasteiger partial charge in [-0.25, -0.2) is 0 Å². The second kappa shape index (κ2) is 8.25. The van der Waals surface area contributed by atoms with Crippen molar-refractivity contribution in [1.82, 2.24) is 10.2 Å². The van der Waals surface area contributed by atoms with Crippen LogP contribution in [0.1, 0.15) is 41.0 Å². The molecule has 0 aromatic rings. The molecular weight excluding hydrogens is 172 g/mol. The zero-order valence-corrected chi connectivity index (χ0v) is 10.6. The van der Waals surface area contributed by atoms with Crippen LogP contribution in [-0.4, -0.2) is 37.1 Å². The summed E-state index contributed by atoms with van der Waals surface area (Å²) >= 11 is 0. The van der Waals surface area contributed by atoms with E-state index in [1.807, 2.05) is 0 Å². The first-order chi connectivity index (χ1) is 6.67. The summed E-state index contributed by atoms with van der Waals surface area (Å²) in [6.07, 6.45) is 1.26. The van der Waals surface area contributed by atoms with E-state index >= 15 is 0 Å². The quantitative estimate of drug-likeness (QED) is 0.647. The van der Waals surface area contributed by atoms with E-state index in [1.165, 1.54) is 19.5 Å². The third-order valence-electron chi connectivity index (χ3n) is 3.03. The van der Waals surface area contributed by atoms with Crippen molar-refractivity contribution in [3.05, 3.63) is 0 Å². The fourth-order valence-corrected chi connectivity index (χ4v) is 1.84. The van der Waals surface area contributed by atoms with E-state index in [0.717, 1.165) is 19.0 Å². The van der Waals surface area contributed by atoms with Gasteiger partial charge >= 0.3 is 0 Å². The standard InChI is InChI=1S/C12H28N2/c1-6-9-14(8-3)12(5)11(4)10-13-7-2/h11-13H,6-10H2,1-5H3. The molecule has 2 atom stereocenters. The summed E-state index contributed by atoms with van der Waals surface area (Å²) in [6.45, 7) is 16.0. The molecule has 0 rings (SSSR count). The lowest BCUT2D eigenvalue weighted by atomic mass is 10.0. The van der Waals surface area contributed by atoms with Gasteiger partial charge in [0.05, 0.1) is 0 Å². The van der Waals surface area contributed by atoms with Crippen LogP contribution in [0.15, 0.2) is 0 Å². The Kier molecular flexibility index (Phi) is 8.20. The van der Waals surface area contributed by atoms with Crippen LogP contribution in [0.5, 0.6) is 0 Å². The maximum absolute atomic E-state index is 3.42. The van der Waals surface area contributed by atoms with Crippen molar-refractivity contribution in [1.29, 1.82) is 0 Å². The van der Waals surface area contributed by atoms with Crippen LogP contribution in [0.25, 0.3) is 0 Å². The summed E-state index contributed by atoms with van der Waals surface area (Å²) in [4.78, 5) is 2.57. The van der Waals surface area contributed by atoms with Crippen molar-refractivity contribution < 1.29 is 0 Å². The number of rotatable bonds is 8. The Bertz CT molecular complexity index is 125. The van der Waals surface area contributed by atoms with Crippen LogP contribution in [0.2, 0.25) is 0 Å². The molecule has 0 aromatic heterocycles. The second-order valence-electron chi connectivity index (χ2n) is 4.15. The highest BCUT2D eigenvalue weighted by Gasteiger charge is 2.17. The van der Waals surface area contributed by atoms with Crippen molar-refractivity contribution >= 4 is 0 Å². The maximum Gasteiger partial charge on any atom is 0.0104 e. The fraction of sp³-hybridized carbons (Fsp3) is 1.00. The zero-order chi connectivity index (χ0) is 11.0. The van der Waals surface area contributed by atoms with Crippen LogP contribution in [0.3, 0.4) is 0 Å². The lowest BCUT2D eigenvalue weighted by Crippen LogP contribution is -2.41. The highest BCUT2D eigenvalue weighted by Crippen LogP contribution is 2.10. The first kappa shape index (κ1) is 13.9. The molecule has 0 saturated heterocycles. The molecule has 2 unspecified atom stereocenters. The molecule has 2 heteroatoms. The third-order valence-corrected chi connectivity index (χ3v) is 3.03. The topological polar surface area (TPSA) is 15.3 Å². The molecule has 0 aromatic carbocycles. The highest BCUT2D eigenvalue weighted by atomic mass is 15.1. The van der Waals surface area contributed by atoms with Crippen molar-refractivity contribution in [2.45, 2.75) is 47.1 Å². The normalized spacial score (nSPS) is 15.9. The van der Waals surface area contributed by atoms with Gasteiger partial charge in [0.2, 0.25) is 0 Å². The van der Waals surface area contributed by atoms with Crippen LogP contribution < -0.4 is 5.32 Å². The first-order valence-electron chi connectivity index (χ1n) is 6.12. The van der Waals surface area contributed by atoms with Gasteiger partial charge < -0.3 is 10.2 Å². The van der Waals surface area contributed by atoms with Crippen LogP contribution >= 0.6 is 0 Å². The molecule has 0 saturated carbocycles. The lowest BCUT2D eigenvalue weighted by Gasteiger charge is -2.32. The van der Waals surface area contributed by atoms with Gasteiger partial charge in [0.1, 0.15) is 0 Å². The van der Waals surface area contributed by atoms with E-state index in [1.54, 1.807) is 0 Å². The van der Waals surface area contributed by atoms with E-state index in [-0.39, 0.29) is 0 Å². The van der Waals surface area contributed by atoms with E-state index in [9.17, 15) is 0 Å². The SMILES string of the molecule is CCCN(CC)C(C)C(C)CNCC. The van der Waals surface area contributed by atoms with E-state index < -0.39 is 0 Å². The smallest absolute Gasteiger partial charge is 0.0104 e. The Morgan fingerprint density at radius 2 is 1.79 bits per heavy atom. The van der Waals surface area contributed by atoms with Crippen molar-refractivity contribution in [3.8, 4) is 0 Å².